The van der Waals surface area contributed by atoms with Crippen molar-refractivity contribution < 1.29 is 23.4 Å². The first-order valence-electron chi connectivity index (χ1n) is 5.82. The van der Waals surface area contributed by atoms with Crippen LogP contribution in [-0.4, -0.2) is 54.7 Å². The van der Waals surface area contributed by atoms with Crippen LogP contribution in [0.15, 0.2) is 0 Å². The number of β-amino-alcohol motifs (C(OH)–C–C–N with tert-alkyl or cyclic N) is 1. The molecule has 0 aromatic heterocycles. The molecule has 0 radical (unpaired) electrons. The fourth-order valence-electron chi connectivity index (χ4n) is 1.77. The summed E-state index contributed by atoms with van der Waals surface area (Å²) in [5.74, 6) is 0.0550. The van der Waals surface area contributed by atoms with Crippen LogP contribution < -0.4 is 0 Å². The molecule has 0 saturated carbocycles. The summed E-state index contributed by atoms with van der Waals surface area (Å²) in [7, 11) is 0. The van der Waals surface area contributed by atoms with Crippen molar-refractivity contribution in [3.8, 4) is 0 Å². The van der Waals surface area contributed by atoms with Gasteiger partial charge in [0.1, 0.15) is 6.61 Å². The highest BCUT2D eigenvalue weighted by Crippen LogP contribution is 2.17. The number of halogens is 2. The number of hydrogen-bond acceptors (Lipinski definition) is 3. The lowest BCUT2D eigenvalue weighted by atomic mass is 9.96. The molecule has 1 fully saturated rings. The van der Waals surface area contributed by atoms with Gasteiger partial charge in [0.15, 0.2) is 0 Å². The number of nitrogens with zero attached hydrogens (tertiary/aromatic N) is 1. The van der Waals surface area contributed by atoms with E-state index in [4.69, 9.17) is 0 Å². The Morgan fingerprint density at radius 1 is 1.59 bits per heavy atom. The minimum Gasteiger partial charge on any atom is -0.391 e. The normalized spacial score (nSPS) is 25.4. The van der Waals surface area contributed by atoms with Crippen molar-refractivity contribution in [2.24, 2.45) is 5.92 Å². The summed E-state index contributed by atoms with van der Waals surface area (Å²) in [6, 6.07) is 0. The zero-order chi connectivity index (χ0) is 12.8. The molecule has 1 amide bonds. The van der Waals surface area contributed by atoms with Crippen LogP contribution >= 0.6 is 0 Å². The number of likely N-dealkylation sites (tertiary alicyclic amines) is 1. The van der Waals surface area contributed by atoms with Gasteiger partial charge in [-0.15, -0.1) is 0 Å². The van der Waals surface area contributed by atoms with E-state index in [0.717, 1.165) is 6.42 Å². The fourth-order valence-corrected chi connectivity index (χ4v) is 1.77. The molecule has 4 nitrogen and oxygen atoms in total. The Hall–Kier alpha value is -0.750. The maximum atomic E-state index is 11.8. The average molecular weight is 251 g/mol. The Bertz CT molecular complexity index is 251. The first-order valence-corrected chi connectivity index (χ1v) is 5.82. The van der Waals surface area contributed by atoms with Crippen molar-refractivity contribution >= 4 is 5.91 Å². The molecule has 100 valence electrons. The molecule has 2 unspecified atom stereocenters. The van der Waals surface area contributed by atoms with Gasteiger partial charge in [0, 0.05) is 13.1 Å². The quantitative estimate of drug-likeness (QED) is 0.738. The monoisotopic (exact) mass is 251 g/mol. The molecule has 1 aliphatic heterocycles. The van der Waals surface area contributed by atoms with Crippen molar-refractivity contribution in [1.29, 1.82) is 0 Å². The largest absolute Gasteiger partial charge is 0.391 e. The second kappa shape index (κ2) is 6.86. The Kier molecular flexibility index (Phi) is 5.77. The van der Waals surface area contributed by atoms with E-state index in [1.807, 2.05) is 6.92 Å². The summed E-state index contributed by atoms with van der Waals surface area (Å²) in [4.78, 5) is 13.2. The van der Waals surface area contributed by atoms with E-state index in [0.29, 0.717) is 13.1 Å². The lowest BCUT2D eigenvalue weighted by molar-refractivity contribution is -0.137. The van der Waals surface area contributed by atoms with Crippen LogP contribution in [0.5, 0.6) is 0 Å². The van der Waals surface area contributed by atoms with E-state index in [-0.39, 0.29) is 24.9 Å². The van der Waals surface area contributed by atoms with Crippen LogP contribution in [-0.2, 0) is 9.53 Å². The predicted octanol–water partition coefficient (Wildman–Crippen LogP) is 0.887. The topological polar surface area (TPSA) is 49.8 Å². The molecule has 17 heavy (non-hydrogen) atoms. The summed E-state index contributed by atoms with van der Waals surface area (Å²) in [5, 5.41) is 9.62. The number of rotatable bonds is 5. The number of piperidine rings is 1. The number of carbonyl (C=O) groups is 1. The Morgan fingerprint density at radius 2 is 2.29 bits per heavy atom. The minimum absolute atomic E-state index is 0.00528. The highest BCUT2D eigenvalue weighted by molar-refractivity contribution is 5.76. The summed E-state index contributed by atoms with van der Waals surface area (Å²) in [5.41, 5.74) is 0. The zero-order valence-electron chi connectivity index (χ0n) is 9.94. The van der Waals surface area contributed by atoms with Gasteiger partial charge in [-0.05, 0) is 12.3 Å². The van der Waals surface area contributed by atoms with Gasteiger partial charge in [-0.3, -0.25) is 4.79 Å². The van der Waals surface area contributed by atoms with Gasteiger partial charge < -0.3 is 14.7 Å². The number of amides is 1. The summed E-state index contributed by atoms with van der Waals surface area (Å²) >= 11 is 0. The molecule has 2 atom stereocenters. The number of aliphatic hydroxyl groups is 1. The summed E-state index contributed by atoms with van der Waals surface area (Å²) in [6.45, 7) is 2.26. The highest BCUT2D eigenvalue weighted by atomic mass is 19.3. The molecule has 0 aromatic rings. The van der Waals surface area contributed by atoms with E-state index in [2.05, 4.69) is 4.74 Å². The van der Waals surface area contributed by atoms with E-state index in [1.54, 1.807) is 4.90 Å². The second-order valence-electron chi connectivity index (χ2n) is 4.39. The number of alkyl halides is 2. The Morgan fingerprint density at radius 3 is 2.88 bits per heavy atom. The molecule has 1 rings (SSSR count). The van der Waals surface area contributed by atoms with Crippen LogP contribution in [0.2, 0.25) is 0 Å². The Labute approximate surface area is 99.5 Å². The van der Waals surface area contributed by atoms with Crippen LogP contribution in [0, 0.1) is 5.92 Å². The molecule has 0 aromatic carbocycles. The fraction of sp³-hybridized carbons (Fsp3) is 0.909. The van der Waals surface area contributed by atoms with Crippen molar-refractivity contribution in [3.05, 3.63) is 0 Å². The minimum atomic E-state index is -2.50. The number of aliphatic hydroxyl groups excluding tert-OH is 1. The first-order chi connectivity index (χ1) is 8.00. The molecule has 0 aliphatic carbocycles. The maximum Gasteiger partial charge on any atom is 0.261 e. The van der Waals surface area contributed by atoms with Crippen molar-refractivity contribution in [2.45, 2.75) is 32.3 Å². The molecule has 6 heteroatoms. The molecular formula is C11H19F2NO3. The van der Waals surface area contributed by atoms with Gasteiger partial charge >= 0.3 is 0 Å². The van der Waals surface area contributed by atoms with Crippen molar-refractivity contribution in [3.63, 3.8) is 0 Å². The van der Waals surface area contributed by atoms with E-state index >= 15 is 0 Å². The highest BCUT2D eigenvalue weighted by Gasteiger charge is 2.26. The Balaban J connectivity index is 2.19. The predicted molar refractivity (Wildman–Crippen MR) is 57.8 cm³/mol. The van der Waals surface area contributed by atoms with Gasteiger partial charge in [0.25, 0.3) is 6.43 Å². The van der Waals surface area contributed by atoms with Crippen LogP contribution in [0.3, 0.4) is 0 Å². The number of ether oxygens (including phenoxy) is 1. The van der Waals surface area contributed by atoms with Gasteiger partial charge in [-0.2, -0.15) is 0 Å². The molecule has 0 bridgehead atoms. The third-order valence-corrected chi connectivity index (χ3v) is 2.98. The smallest absolute Gasteiger partial charge is 0.261 e. The van der Waals surface area contributed by atoms with Crippen molar-refractivity contribution in [2.75, 3.05) is 26.3 Å². The van der Waals surface area contributed by atoms with Gasteiger partial charge in [-0.25, -0.2) is 8.78 Å². The lowest BCUT2D eigenvalue weighted by Gasteiger charge is -2.34. The van der Waals surface area contributed by atoms with E-state index in [9.17, 15) is 18.7 Å². The SMILES string of the molecule is CC1CCN(C(=O)CCOCC(F)F)CC1O. The molecule has 1 aliphatic rings. The molecule has 1 heterocycles. The summed E-state index contributed by atoms with van der Waals surface area (Å²) < 4.78 is 28.2. The molecule has 0 spiro atoms. The van der Waals surface area contributed by atoms with Crippen LogP contribution in [0.4, 0.5) is 8.78 Å². The third kappa shape index (κ3) is 4.95. The standard InChI is InChI=1S/C11H19F2NO3/c1-8-2-4-14(6-9(8)15)11(16)3-5-17-7-10(12)13/h8-10,15H,2-7H2,1H3. The van der Waals surface area contributed by atoms with Gasteiger partial charge in [0.2, 0.25) is 5.91 Å². The van der Waals surface area contributed by atoms with Crippen molar-refractivity contribution in [1.82, 2.24) is 4.90 Å². The average Bonchev–Trinajstić information content (AvgIpc) is 2.27. The molecule has 1 saturated heterocycles. The second-order valence-corrected chi connectivity index (χ2v) is 4.39. The first kappa shape index (κ1) is 14.3. The lowest BCUT2D eigenvalue weighted by Crippen LogP contribution is -2.46. The van der Waals surface area contributed by atoms with Gasteiger partial charge in [-0.1, -0.05) is 6.92 Å². The zero-order valence-corrected chi connectivity index (χ0v) is 9.94. The van der Waals surface area contributed by atoms with E-state index < -0.39 is 19.1 Å². The molecular weight excluding hydrogens is 232 g/mol. The van der Waals surface area contributed by atoms with Crippen LogP contribution in [0.1, 0.15) is 19.8 Å². The summed E-state index contributed by atoms with van der Waals surface area (Å²) in [6.07, 6.45) is -2.13. The number of carbonyl (C=O) groups excluding carboxylic acids is 1. The third-order valence-electron chi connectivity index (χ3n) is 2.98. The maximum absolute atomic E-state index is 11.8. The van der Waals surface area contributed by atoms with E-state index in [1.165, 1.54) is 0 Å². The number of hydrogen-bond donors (Lipinski definition) is 1. The molecule has 1 N–H and O–H groups in total. The van der Waals surface area contributed by atoms with Gasteiger partial charge in [0.05, 0.1) is 19.1 Å². The van der Waals surface area contributed by atoms with Crippen LogP contribution in [0.25, 0.3) is 0 Å².